The number of amides is 1. The number of hydrogen-bond donors (Lipinski definition) is 2. The first-order valence-corrected chi connectivity index (χ1v) is 15.3. The van der Waals surface area contributed by atoms with Gasteiger partial charge in [-0.1, -0.05) is 31.6 Å². The number of halogens is 5. The lowest BCUT2D eigenvalue weighted by molar-refractivity contribution is 0.0989. The summed E-state index contributed by atoms with van der Waals surface area (Å²) in [7, 11) is -13.6. The van der Waals surface area contributed by atoms with E-state index in [-0.39, 0.29) is 35.5 Å². The molecule has 0 unspecified atom stereocenters. The van der Waals surface area contributed by atoms with Gasteiger partial charge in [-0.25, -0.2) is 8.42 Å². The Morgan fingerprint density at radius 1 is 0.875 bits per heavy atom. The van der Waals surface area contributed by atoms with E-state index in [1.807, 2.05) is 0 Å². The second kappa shape index (κ2) is 8.87. The van der Waals surface area contributed by atoms with Crippen molar-refractivity contribution in [1.82, 2.24) is 18.9 Å². The largest absolute Gasteiger partial charge is 0.382 e. The van der Waals surface area contributed by atoms with E-state index in [1.165, 1.54) is 20.8 Å². The van der Waals surface area contributed by atoms with Crippen LogP contribution in [-0.4, -0.2) is 52.4 Å². The van der Waals surface area contributed by atoms with E-state index in [0.717, 1.165) is 12.1 Å². The Labute approximate surface area is 225 Å². The lowest BCUT2D eigenvalue weighted by Crippen LogP contribution is -2.42. The number of rotatable bonds is 7. The number of fused-ring (bicyclic) bond motifs is 1. The number of anilines is 1. The molecule has 0 bridgehead atoms. The Kier molecular flexibility index (Phi) is 6.16. The molecule has 9 nitrogen and oxygen atoms in total. The van der Waals surface area contributed by atoms with E-state index in [0.29, 0.717) is 41.7 Å². The number of carbonyl (C=O) groups excluding carboxylic acids is 1. The predicted octanol–water partition coefficient (Wildman–Crippen LogP) is 5.42. The van der Waals surface area contributed by atoms with Crippen molar-refractivity contribution in [3.8, 4) is 11.1 Å². The molecule has 0 aliphatic carbocycles. The maximum atomic E-state index is 13.2. The van der Waals surface area contributed by atoms with Crippen LogP contribution >= 0.6 is 10.2 Å². The van der Waals surface area contributed by atoms with E-state index in [4.69, 9.17) is 5.73 Å². The van der Waals surface area contributed by atoms with Crippen LogP contribution in [0.3, 0.4) is 0 Å². The van der Waals surface area contributed by atoms with Crippen molar-refractivity contribution in [1.29, 1.82) is 0 Å². The molecule has 0 spiro atoms. The number of primary amides is 1. The van der Waals surface area contributed by atoms with Crippen molar-refractivity contribution >= 4 is 37.5 Å². The molecule has 4 aromatic rings. The van der Waals surface area contributed by atoms with Crippen molar-refractivity contribution in [2.45, 2.75) is 28.7 Å². The SMILES string of the molecule is NC(=O)c1nnc2ccc(-c3ccc(S(=O)(=O)N4CCC(Nc5ccc(S(F)(F)(F)(F)F)cc5)CC4)cc3)cn12. The van der Waals surface area contributed by atoms with Gasteiger partial charge >= 0.3 is 10.2 Å². The molecule has 1 fully saturated rings. The summed E-state index contributed by atoms with van der Waals surface area (Å²) in [4.78, 5) is 9.68. The highest BCUT2D eigenvalue weighted by Gasteiger charge is 2.65. The lowest BCUT2D eigenvalue weighted by Gasteiger charge is -2.40. The number of aromatic nitrogens is 3. The number of sulfonamides is 1. The van der Waals surface area contributed by atoms with Crippen molar-refractivity contribution in [3.05, 3.63) is 72.7 Å². The molecule has 0 atom stereocenters. The van der Waals surface area contributed by atoms with Gasteiger partial charge in [-0.05, 0) is 72.5 Å². The van der Waals surface area contributed by atoms with Gasteiger partial charge in [-0.15, -0.1) is 10.2 Å². The van der Waals surface area contributed by atoms with Gasteiger partial charge in [0, 0.05) is 31.0 Å². The van der Waals surface area contributed by atoms with Crippen LogP contribution < -0.4 is 11.1 Å². The zero-order valence-corrected chi connectivity index (χ0v) is 22.2. The molecule has 0 saturated carbocycles. The van der Waals surface area contributed by atoms with E-state index in [2.05, 4.69) is 15.5 Å². The fourth-order valence-electron chi connectivity index (χ4n) is 4.48. The van der Waals surface area contributed by atoms with Gasteiger partial charge < -0.3 is 11.1 Å². The molecule has 5 rings (SSSR count). The molecular weight excluding hydrogens is 579 g/mol. The molecule has 1 aliphatic heterocycles. The first-order chi connectivity index (χ1) is 18.5. The number of benzene rings is 2. The van der Waals surface area contributed by atoms with Crippen LogP contribution in [0, 0.1) is 0 Å². The summed E-state index contributed by atoms with van der Waals surface area (Å²) in [5.41, 5.74) is 7.35. The second-order valence-electron chi connectivity index (χ2n) is 9.37. The first-order valence-electron chi connectivity index (χ1n) is 11.9. The second-order valence-corrected chi connectivity index (χ2v) is 13.7. The van der Waals surface area contributed by atoms with Crippen molar-refractivity contribution < 1.29 is 32.6 Å². The number of nitrogens with one attached hydrogen (secondary N) is 1. The predicted molar refractivity (Wildman–Crippen MR) is 140 cm³/mol. The minimum atomic E-state index is -9.74. The van der Waals surface area contributed by atoms with Crippen molar-refractivity contribution in [2.75, 3.05) is 18.4 Å². The highest BCUT2D eigenvalue weighted by atomic mass is 32.5. The Bertz CT molecular complexity index is 1700. The summed E-state index contributed by atoms with van der Waals surface area (Å²) >= 11 is 0. The minimum Gasteiger partial charge on any atom is -0.382 e. The summed E-state index contributed by atoms with van der Waals surface area (Å²) in [6.07, 6.45) is 2.35. The zero-order valence-electron chi connectivity index (χ0n) is 20.6. The molecule has 1 saturated heterocycles. The molecule has 2 aromatic carbocycles. The van der Waals surface area contributed by atoms with Gasteiger partial charge in [-0.2, -0.15) is 4.31 Å². The Morgan fingerprint density at radius 2 is 1.48 bits per heavy atom. The molecule has 0 radical (unpaired) electrons. The van der Waals surface area contributed by atoms with Gasteiger partial charge in [0.05, 0.1) is 4.90 Å². The number of nitrogens with zero attached hydrogens (tertiary/aromatic N) is 4. The van der Waals surface area contributed by atoms with Gasteiger partial charge in [0.2, 0.25) is 15.8 Å². The zero-order chi connectivity index (χ0) is 29.0. The molecule has 3 heterocycles. The van der Waals surface area contributed by atoms with Crippen LogP contribution in [0.5, 0.6) is 0 Å². The molecule has 3 N–H and O–H groups in total. The van der Waals surface area contributed by atoms with Gasteiger partial charge in [-0.3, -0.25) is 9.20 Å². The van der Waals surface area contributed by atoms with Gasteiger partial charge in [0.25, 0.3) is 5.91 Å². The van der Waals surface area contributed by atoms with Crippen LogP contribution in [0.15, 0.2) is 76.7 Å². The normalized spacial score (nSPS) is 17.3. The Morgan fingerprint density at radius 3 is 2.05 bits per heavy atom. The van der Waals surface area contributed by atoms with Crippen LogP contribution in [-0.2, 0) is 10.0 Å². The molecular formula is C24H23F5N6O3S2. The van der Waals surface area contributed by atoms with E-state index in [1.54, 1.807) is 30.5 Å². The van der Waals surface area contributed by atoms with Crippen LogP contribution in [0.4, 0.5) is 25.1 Å². The molecule has 16 heteroatoms. The van der Waals surface area contributed by atoms with Crippen LogP contribution in [0.1, 0.15) is 23.5 Å². The highest BCUT2D eigenvalue weighted by molar-refractivity contribution is 8.45. The molecule has 1 amide bonds. The average Bonchev–Trinajstić information content (AvgIpc) is 3.32. The van der Waals surface area contributed by atoms with E-state index >= 15 is 0 Å². The maximum Gasteiger partial charge on any atom is 0.310 e. The van der Waals surface area contributed by atoms with E-state index < -0.39 is 31.0 Å². The average molecular weight is 603 g/mol. The van der Waals surface area contributed by atoms with Gasteiger partial charge in [0.15, 0.2) is 5.65 Å². The maximum absolute atomic E-state index is 13.2. The number of pyridine rings is 1. The summed E-state index contributed by atoms with van der Waals surface area (Å²) in [5.74, 6) is -0.773. The molecule has 1 aliphatic rings. The summed E-state index contributed by atoms with van der Waals surface area (Å²) in [6, 6.07) is 11.9. The number of nitrogens with two attached hydrogens (primary N) is 1. The lowest BCUT2D eigenvalue weighted by atomic mass is 10.1. The minimum absolute atomic E-state index is 0.0324. The highest BCUT2D eigenvalue weighted by Crippen LogP contribution is 3.02. The first kappa shape index (κ1) is 27.8. The topological polar surface area (TPSA) is 123 Å². The number of hydrogen-bond acceptors (Lipinski definition) is 6. The molecule has 214 valence electrons. The summed E-state index contributed by atoms with van der Waals surface area (Å²) in [6.45, 7) is 0.316. The summed E-state index contributed by atoms with van der Waals surface area (Å²) in [5, 5.41) is 10.6. The fourth-order valence-corrected chi connectivity index (χ4v) is 6.60. The Balaban J connectivity index is 1.24. The van der Waals surface area contributed by atoms with Crippen molar-refractivity contribution in [2.24, 2.45) is 5.73 Å². The molecule has 40 heavy (non-hydrogen) atoms. The Hall–Kier alpha value is -3.76. The number of piperidine rings is 1. The third-order valence-electron chi connectivity index (χ3n) is 6.57. The van der Waals surface area contributed by atoms with Crippen LogP contribution in [0.25, 0.3) is 16.8 Å². The summed E-state index contributed by atoms with van der Waals surface area (Å²) < 4.78 is 93.8. The smallest absolute Gasteiger partial charge is 0.310 e. The van der Waals surface area contributed by atoms with Crippen LogP contribution in [0.2, 0.25) is 0 Å². The number of carbonyl (C=O) groups is 1. The quantitative estimate of drug-likeness (QED) is 0.273. The van der Waals surface area contributed by atoms with Gasteiger partial charge in [0.1, 0.15) is 4.90 Å². The standard InChI is InChI=1S/C24H23F5N6O3S2/c25-40(26,27,28,29)21-8-4-18(5-9-21)31-19-11-13-34(14-12-19)39(37,38)20-6-1-16(2-7-20)17-3-10-22-32-33-24(23(30)36)35(22)15-17/h1-10,15,19,31H,11-14H2,(H2,30,36). The third-order valence-corrected chi connectivity index (χ3v) is 9.65. The molecule has 2 aromatic heterocycles. The van der Waals surface area contributed by atoms with Crippen molar-refractivity contribution in [3.63, 3.8) is 0 Å². The fraction of sp³-hybridized carbons (Fsp3) is 0.208. The monoisotopic (exact) mass is 602 g/mol. The van der Waals surface area contributed by atoms with E-state index in [9.17, 15) is 32.6 Å². The third kappa shape index (κ3) is 5.59.